The topological polar surface area (TPSA) is 82.6 Å². The fraction of sp³-hybridized carbons (Fsp3) is 0.462. The van der Waals surface area contributed by atoms with E-state index in [1.165, 1.54) is 4.90 Å². The zero-order valence-electron chi connectivity index (χ0n) is 21.6. The molecule has 0 radical (unpaired) electrons. The van der Waals surface area contributed by atoms with Gasteiger partial charge in [0.25, 0.3) is 0 Å². The van der Waals surface area contributed by atoms with Crippen molar-refractivity contribution in [3.8, 4) is 5.75 Å². The second-order valence-corrected chi connectivity index (χ2v) is 9.65. The molecule has 3 amide bonds. The number of aliphatic hydroxyl groups excluding tert-OH is 1. The van der Waals surface area contributed by atoms with Crippen LogP contribution >= 0.6 is 0 Å². The highest BCUT2D eigenvalue weighted by Crippen LogP contribution is 2.47. The molecular formula is C26H26F7N3O5. The lowest BCUT2D eigenvalue weighted by atomic mass is 10.1. The van der Waals surface area contributed by atoms with E-state index in [9.17, 15) is 45.4 Å². The highest BCUT2D eigenvalue weighted by molar-refractivity contribution is 5.97. The van der Waals surface area contributed by atoms with Crippen LogP contribution in [-0.2, 0) is 17.1 Å². The van der Waals surface area contributed by atoms with Crippen LogP contribution in [0.1, 0.15) is 30.4 Å². The van der Waals surface area contributed by atoms with E-state index in [1.807, 2.05) is 0 Å². The van der Waals surface area contributed by atoms with Gasteiger partial charge in [-0.25, -0.2) is 14.0 Å². The summed E-state index contributed by atoms with van der Waals surface area (Å²) in [5.74, 6) is -1.93. The van der Waals surface area contributed by atoms with Crippen LogP contribution in [0.3, 0.4) is 0 Å². The largest absolute Gasteiger partial charge is 0.420 e. The number of rotatable bonds is 7. The van der Waals surface area contributed by atoms with E-state index in [-0.39, 0.29) is 44.1 Å². The molecule has 2 atom stereocenters. The third-order valence-electron chi connectivity index (χ3n) is 6.84. The second kappa shape index (κ2) is 11.7. The van der Waals surface area contributed by atoms with E-state index >= 15 is 0 Å². The minimum Gasteiger partial charge on any atom is -0.407 e. The molecule has 2 aromatic carbocycles. The number of hydrogen-bond donors (Lipinski definition) is 1. The number of urea groups is 1. The molecule has 4 rings (SSSR count). The molecule has 41 heavy (non-hydrogen) atoms. The third kappa shape index (κ3) is 7.01. The Kier molecular flexibility index (Phi) is 8.68. The van der Waals surface area contributed by atoms with Crippen molar-refractivity contribution in [1.82, 2.24) is 4.90 Å². The first-order valence-electron chi connectivity index (χ1n) is 12.5. The van der Waals surface area contributed by atoms with Crippen LogP contribution in [-0.4, -0.2) is 67.6 Å². The Labute approximate surface area is 229 Å². The van der Waals surface area contributed by atoms with Crippen LogP contribution in [0, 0.1) is 5.82 Å². The van der Waals surface area contributed by atoms with Gasteiger partial charge in [-0.3, -0.25) is 9.80 Å². The molecular weight excluding hydrogens is 567 g/mol. The molecule has 1 aliphatic heterocycles. The molecule has 1 aliphatic carbocycles. The first-order valence-corrected chi connectivity index (χ1v) is 12.5. The van der Waals surface area contributed by atoms with Gasteiger partial charge in [-0.05, 0) is 55.7 Å². The predicted molar refractivity (Wildman–Crippen MR) is 131 cm³/mol. The molecule has 2 unspecified atom stereocenters. The number of carbonyl (C=O) groups excluding carboxylic acids is 2. The maximum atomic E-state index is 14.1. The zero-order valence-corrected chi connectivity index (χ0v) is 21.6. The van der Waals surface area contributed by atoms with E-state index in [0.717, 1.165) is 36.2 Å². The molecule has 1 saturated heterocycles. The van der Waals surface area contributed by atoms with Crippen molar-refractivity contribution in [2.75, 3.05) is 43.1 Å². The second-order valence-electron chi connectivity index (χ2n) is 9.65. The lowest BCUT2D eigenvalue weighted by Gasteiger charge is -2.26. The molecule has 0 spiro atoms. The molecule has 2 aromatic rings. The summed E-state index contributed by atoms with van der Waals surface area (Å²) in [5.41, 5.74) is -4.46. The Morgan fingerprint density at radius 2 is 1.73 bits per heavy atom. The number of benzene rings is 2. The van der Waals surface area contributed by atoms with Gasteiger partial charge in [0.15, 0.2) is 5.75 Å². The molecule has 2 aliphatic rings. The van der Waals surface area contributed by atoms with Crippen molar-refractivity contribution < 1.29 is 54.9 Å². The fourth-order valence-electron chi connectivity index (χ4n) is 4.63. The van der Waals surface area contributed by atoms with Gasteiger partial charge in [0.1, 0.15) is 11.4 Å². The highest BCUT2D eigenvalue weighted by atomic mass is 19.4. The highest BCUT2D eigenvalue weighted by Gasteiger charge is 2.44. The number of halogens is 7. The summed E-state index contributed by atoms with van der Waals surface area (Å²) in [5, 5.41) is 9.61. The van der Waals surface area contributed by atoms with Crippen LogP contribution in [0.15, 0.2) is 36.4 Å². The minimum atomic E-state index is -5.40. The summed E-state index contributed by atoms with van der Waals surface area (Å²) in [7, 11) is 1.11. The van der Waals surface area contributed by atoms with Gasteiger partial charge in [0.05, 0.1) is 30.1 Å². The summed E-state index contributed by atoms with van der Waals surface area (Å²) in [6, 6.07) is 3.49. The maximum Gasteiger partial charge on any atom is 0.420 e. The molecule has 1 heterocycles. The molecule has 0 aromatic heterocycles. The summed E-state index contributed by atoms with van der Waals surface area (Å²) >= 11 is 0. The Morgan fingerprint density at radius 3 is 2.32 bits per heavy atom. The van der Waals surface area contributed by atoms with Gasteiger partial charge in [-0.1, -0.05) is 0 Å². The number of aliphatic hydroxyl groups is 1. The number of anilines is 2. The molecule has 1 N–H and O–H groups in total. The van der Waals surface area contributed by atoms with Crippen molar-refractivity contribution in [2.24, 2.45) is 0 Å². The van der Waals surface area contributed by atoms with Crippen LogP contribution in [0.4, 0.5) is 51.7 Å². The minimum absolute atomic E-state index is 0.00452. The first-order chi connectivity index (χ1) is 19.1. The van der Waals surface area contributed by atoms with E-state index < -0.39 is 59.0 Å². The smallest absolute Gasteiger partial charge is 0.407 e. The third-order valence-corrected chi connectivity index (χ3v) is 6.84. The Bertz CT molecular complexity index is 1270. The van der Waals surface area contributed by atoms with Crippen molar-refractivity contribution in [1.29, 1.82) is 0 Å². The van der Waals surface area contributed by atoms with Crippen LogP contribution in [0.5, 0.6) is 5.75 Å². The van der Waals surface area contributed by atoms with Gasteiger partial charge < -0.3 is 19.5 Å². The number of nitrogens with zero attached hydrogens (tertiary/aromatic N) is 3. The Morgan fingerprint density at radius 1 is 1.05 bits per heavy atom. The number of alkyl halides is 6. The predicted octanol–water partition coefficient (Wildman–Crippen LogP) is 5.67. The standard InChI is InChI=1S/C26H26F7N3O5/c1-34(17-4-2-16(27)3-5-17)24(39)41-22-20(26(31,32)33)12-15(25(28,29)30)13-21(22)36-9-8-35(23(36)38)10-11-40-19-7-6-18(37)14-19/h2-5,12-13,18-19,37H,6-11,14H2,1H3. The Hall–Kier alpha value is -3.59. The van der Waals surface area contributed by atoms with Crippen molar-refractivity contribution in [2.45, 2.75) is 43.8 Å². The van der Waals surface area contributed by atoms with E-state index in [1.54, 1.807) is 0 Å². The molecule has 1 saturated carbocycles. The van der Waals surface area contributed by atoms with Crippen LogP contribution in [0.25, 0.3) is 0 Å². The van der Waals surface area contributed by atoms with Gasteiger partial charge in [-0.15, -0.1) is 0 Å². The lowest BCUT2D eigenvalue weighted by molar-refractivity contribution is -0.143. The molecule has 224 valence electrons. The van der Waals surface area contributed by atoms with E-state index in [4.69, 9.17) is 9.47 Å². The number of ether oxygens (including phenoxy) is 2. The van der Waals surface area contributed by atoms with Gasteiger partial charge in [0.2, 0.25) is 0 Å². The summed E-state index contributed by atoms with van der Waals surface area (Å²) < 4.78 is 107. The fourth-order valence-corrected chi connectivity index (χ4v) is 4.63. The maximum absolute atomic E-state index is 14.1. The number of amides is 3. The van der Waals surface area contributed by atoms with E-state index in [2.05, 4.69) is 0 Å². The normalized spacial score (nSPS) is 19.7. The number of hydrogen-bond acceptors (Lipinski definition) is 5. The van der Waals surface area contributed by atoms with E-state index in [0.29, 0.717) is 30.2 Å². The average molecular weight is 593 g/mol. The monoisotopic (exact) mass is 593 g/mol. The summed E-state index contributed by atoms with van der Waals surface area (Å²) in [4.78, 5) is 28.6. The molecule has 8 nitrogen and oxygen atoms in total. The van der Waals surface area contributed by atoms with Crippen molar-refractivity contribution >= 4 is 23.5 Å². The SMILES string of the molecule is CN(C(=O)Oc1c(N2CCN(CCOC3CCC(O)C3)C2=O)cc(C(F)(F)F)cc1C(F)(F)F)c1ccc(F)cc1. The molecule has 2 fully saturated rings. The van der Waals surface area contributed by atoms with Gasteiger partial charge in [0, 0.05) is 32.4 Å². The molecule has 15 heteroatoms. The van der Waals surface area contributed by atoms with Gasteiger partial charge in [-0.2, -0.15) is 26.3 Å². The van der Waals surface area contributed by atoms with Crippen LogP contribution < -0.4 is 14.5 Å². The summed E-state index contributed by atoms with van der Waals surface area (Å²) in [6.07, 6.45) is -11.1. The average Bonchev–Trinajstić information content (AvgIpc) is 3.47. The van der Waals surface area contributed by atoms with Gasteiger partial charge >= 0.3 is 24.5 Å². The van der Waals surface area contributed by atoms with Crippen LogP contribution in [0.2, 0.25) is 0 Å². The molecule has 0 bridgehead atoms. The first kappa shape index (κ1) is 30.4. The quantitative estimate of drug-likeness (QED) is 0.419. The van der Waals surface area contributed by atoms with Crippen molar-refractivity contribution in [3.05, 3.63) is 53.3 Å². The zero-order chi connectivity index (χ0) is 30.1. The summed E-state index contributed by atoms with van der Waals surface area (Å²) in [6.45, 7) is -0.305. The lowest BCUT2D eigenvalue weighted by Crippen LogP contribution is -2.36. The Balaban J connectivity index is 1.64. The number of carbonyl (C=O) groups is 2. The van der Waals surface area contributed by atoms with Crippen molar-refractivity contribution in [3.63, 3.8) is 0 Å².